The molecular weight excluding hydrogens is 610 g/mol. The van der Waals surface area contributed by atoms with Gasteiger partial charge in [-0.15, -0.1) is 0 Å². The maximum Gasteiger partial charge on any atom is 0.0355 e. The summed E-state index contributed by atoms with van der Waals surface area (Å²) in [6.45, 7) is 4.01. The maximum atomic E-state index is 5.66. The Bertz CT molecular complexity index is 475. The molecule has 2 aromatic rings. The Morgan fingerprint density at radius 1 is 0.750 bits per heavy atom. The van der Waals surface area contributed by atoms with Crippen LogP contribution in [-0.2, 0) is 0 Å². The van der Waals surface area contributed by atoms with E-state index in [0.717, 1.165) is 31.4 Å². The predicted molar refractivity (Wildman–Crippen MR) is 112 cm³/mol. The summed E-state index contributed by atoms with van der Waals surface area (Å²) >= 11 is 11.3. The highest BCUT2D eigenvalue weighted by Gasteiger charge is 1.99. The molecule has 2 rings (SSSR count). The molecule has 0 saturated heterocycles. The van der Waals surface area contributed by atoms with Crippen molar-refractivity contribution in [3.8, 4) is 0 Å². The van der Waals surface area contributed by atoms with Crippen LogP contribution in [0.1, 0.15) is 11.1 Å². The van der Waals surface area contributed by atoms with Crippen LogP contribution in [0.3, 0.4) is 0 Å². The number of nitrogen functional groups attached to an aromatic ring is 2. The minimum absolute atomic E-state index is 0.840. The van der Waals surface area contributed by atoms with Gasteiger partial charge >= 0.3 is 0 Å². The second kappa shape index (κ2) is 8.19. The Kier molecular flexibility index (Phi) is 7.58. The molecule has 4 N–H and O–H groups in total. The molecule has 0 spiro atoms. The number of hydrogen-bond acceptors (Lipinski definition) is 2. The van der Waals surface area contributed by atoms with E-state index in [-0.39, 0.29) is 0 Å². The fourth-order valence-electron chi connectivity index (χ4n) is 1.32. The third-order valence-corrected chi connectivity index (χ3v) is 7.20. The van der Waals surface area contributed by atoms with Gasteiger partial charge in [0.2, 0.25) is 0 Å². The molecule has 0 aromatic heterocycles. The highest BCUT2D eigenvalue weighted by atomic mass is 127. The van der Waals surface area contributed by atoms with E-state index in [2.05, 4.69) is 89.2 Å². The van der Waals surface area contributed by atoms with Crippen molar-refractivity contribution in [2.24, 2.45) is 0 Å². The van der Waals surface area contributed by atoms with E-state index < -0.39 is 0 Å². The molecule has 0 amide bonds. The molecule has 6 heteroatoms. The van der Waals surface area contributed by atoms with Gasteiger partial charge in [-0.1, -0.05) is 0 Å². The molecule has 0 bridgehead atoms. The number of hydrogen-bond donors (Lipinski definition) is 2. The fourth-order valence-corrected chi connectivity index (χ4v) is 3.29. The van der Waals surface area contributed by atoms with E-state index >= 15 is 0 Å². The van der Waals surface area contributed by atoms with Crippen LogP contribution in [0.4, 0.5) is 11.4 Å². The molecular formula is C14H14Br2I2N2. The van der Waals surface area contributed by atoms with Crippen LogP contribution >= 0.6 is 77.0 Å². The van der Waals surface area contributed by atoms with Crippen LogP contribution in [-0.4, -0.2) is 0 Å². The van der Waals surface area contributed by atoms with E-state index in [1.165, 1.54) is 7.14 Å². The van der Waals surface area contributed by atoms with E-state index in [9.17, 15) is 0 Å². The van der Waals surface area contributed by atoms with Gasteiger partial charge in [0.1, 0.15) is 0 Å². The van der Waals surface area contributed by atoms with Gasteiger partial charge in [-0.3, -0.25) is 0 Å². The van der Waals surface area contributed by atoms with Gasteiger partial charge in [-0.05, 0) is 126 Å². The van der Waals surface area contributed by atoms with Crippen molar-refractivity contribution in [2.45, 2.75) is 13.8 Å². The van der Waals surface area contributed by atoms with Gasteiger partial charge in [0.15, 0.2) is 0 Å². The monoisotopic (exact) mass is 622 g/mol. The summed E-state index contributed by atoms with van der Waals surface area (Å²) in [5, 5.41) is 0. The van der Waals surface area contributed by atoms with Crippen molar-refractivity contribution in [1.29, 1.82) is 0 Å². The van der Waals surface area contributed by atoms with E-state index in [1.54, 1.807) is 0 Å². The van der Waals surface area contributed by atoms with Gasteiger partial charge in [0, 0.05) is 27.5 Å². The maximum absolute atomic E-state index is 5.66. The van der Waals surface area contributed by atoms with Crippen molar-refractivity contribution >= 4 is 88.4 Å². The molecule has 0 aliphatic rings. The standard InChI is InChI=1S/2C7H7BrIN/c2*1-4-2-6(9)5(8)3-7(4)10/h2*2-3H,10H2,1H3. The highest BCUT2D eigenvalue weighted by Crippen LogP contribution is 2.25. The molecule has 0 unspecified atom stereocenters. The normalized spacial score (nSPS) is 9.90. The molecule has 0 fully saturated rings. The number of nitrogens with two attached hydrogens (primary N) is 2. The fraction of sp³-hybridized carbons (Fsp3) is 0.143. The number of aryl methyl sites for hydroxylation is 2. The van der Waals surface area contributed by atoms with Gasteiger partial charge in [0.25, 0.3) is 0 Å². The largest absolute Gasteiger partial charge is 0.398 e. The van der Waals surface area contributed by atoms with Crippen molar-refractivity contribution in [1.82, 2.24) is 0 Å². The summed E-state index contributed by atoms with van der Waals surface area (Å²) in [5.74, 6) is 0. The number of rotatable bonds is 0. The molecule has 20 heavy (non-hydrogen) atoms. The second-order valence-corrected chi connectivity index (χ2v) is 8.28. The summed E-state index contributed by atoms with van der Waals surface area (Å²) in [6.07, 6.45) is 0. The van der Waals surface area contributed by atoms with Crippen molar-refractivity contribution in [2.75, 3.05) is 11.5 Å². The van der Waals surface area contributed by atoms with Gasteiger partial charge in [-0.2, -0.15) is 0 Å². The molecule has 0 saturated carbocycles. The molecule has 0 aliphatic heterocycles. The topological polar surface area (TPSA) is 52.0 Å². The van der Waals surface area contributed by atoms with Crippen LogP contribution in [0.2, 0.25) is 0 Å². The van der Waals surface area contributed by atoms with Crippen LogP contribution in [0.25, 0.3) is 0 Å². The Labute approximate surface area is 163 Å². The third-order valence-electron chi connectivity index (χ3n) is 2.62. The zero-order valence-electron chi connectivity index (χ0n) is 11.0. The lowest BCUT2D eigenvalue weighted by Gasteiger charge is -2.01. The van der Waals surface area contributed by atoms with E-state index in [0.29, 0.717) is 0 Å². The molecule has 0 aliphatic carbocycles. The smallest absolute Gasteiger partial charge is 0.0355 e. The first kappa shape index (κ1) is 18.5. The van der Waals surface area contributed by atoms with Crippen LogP contribution in [0.15, 0.2) is 33.2 Å². The predicted octanol–water partition coefficient (Wildman–Crippen LogP) is 5.89. The SMILES string of the molecule is Cc1cc(I)c(Br)cc1N.Cc1cc(I)c(Br)cc1N. The number of halogens is 4. The first-order valence-corrected chi connectivity index (χ1v) is 9.39. The van der Waals surface area contributed by atoms with Gasteiger partial charge < -0.3 is 11.5 Å². The molecule has 2 aromatic carbocycles. The summed E-state index contributed by atoms with van der Waals surface area (Å²) < 4.78 is 4.53. The Balaban J connectivity index is 0.000000200. The summed E-state index contributed by atoms with van der Waals surface area (Å²) in [4.78, 5) is 0. The van der Waals surface area contributed by atoms with Crippen LogP contribution in [0.5, 0.6) is 0 Å². The lowest BCUT2D eigenvalue weighted by atomic mass is 10.2. The zero-order valence-corrected chi connectivity index (χ0v) is 18.5. The molecule has 0 heterocycles. The average Bonchev–Trinajstić information content (AvgIpc) is 2.35. The van der Waals surface area contributed by atoms with Crippen molar-refractivity contribution < 1.29 is 0 Å². The lowest BCUT2D eigenvalue weighted by molar-refractivity contribution is 1.43. The molecule has 108 valence electrons. The second-order valence-electron chi connectivity index (χ2n) is 4.25. The number of benzene rings is 2. The molecule has 0 atom stereocenters. The highest BCUT2D eigenvalue weighted by molar-refractivity contribution is 14.1. The third kappa shape index (κ3) is 5.34. The quantitative estimate of drug-likeness (QED) is 0.284. The van der Waals surface area contributed by atoms with Crippen molar-refractivity contribution in [3.63, 3.8) is 0 Å². The minimum Gasteiger partial charge on any atom is -0.398 e. The summed E-state index contributed by atoms with van der Waals surface area (Å²) in [6, 6.07) is 7.97. The van der Waals surface area contributed by atoms with E-state index in [4.69, 9.17) is 11.5 Å². The first-order valence-electron chi connectivity index (χ1n) is 5.64. The van der Waals surface area contributed by atoms with Gasteiger partial charge in [-0.25, -0.2) is 0 Å². The Hall–Kier alpha value is 0.460. The summed E-state index contributed by atoms with van der Waals surface area (Å²) in [5.41, 5.74) is 15.3. The van der Waals surface area contributed by atoms with E-state index in [1.807, 2.05) is 26.0 Å². The van der Waals surface area contributed by atoms with Gasteiger partial charge in [0.05, 0.1) is 0 Å². The Morgan fingerprint density at radius 2 is 1.05 bits per heavy atom. The van der Waals surface area contributed by atoms with Crippen molar-refractivity contribution in [3.05, 3.63) is 51.5 Å². The first-order chi connectivity index (χ1) is 9.22. The summed E-state index contributed by atoms with van der Waals surface area (Å²) in [7, 11) is 0. The molecule has 2 nitrogen and oxygen atoms in total. The van der Waals surface area contributed by atoms with Crippen LogP contribution in [0, 0.1) is 21.0 Å². The minimum atomic E-state index is 0.840. The van der Waals surface area contributed by atoms with Crippen LogP contribution < -0.4 is 11.5 Å². The zero-order chi connectivity index (χ0) is 15.4. The number of anilines is 2. The lowest BCUT2D eigenvalue weighted by Crippen LogP contribution is -1.90. The Morgan fingerprint density at radius 3 is 1.30 bits per heavy atom. The molecule has 0 radical (unpaired) electrons. The average molecular weight is 624 g/mol.